The van der Waals surface area contributed by atoms with Gasteiger partial charge in [0.2, 0.25) is 0 Å². The zero-order chi connectivity index (χ0) is 16.5. The van der Waals surface area contributed by atoms with Gasteiger partial charge in [-0.2, -0.15) is 0 Å². The molecule has 2 aromatic rings. The van der Waals surface area contributed by atoms with Crippen molar-refractivity contribution in [3.05, 3.63) is 82.9 Å². The number of fused-ring (bicyclic) bond motifs is 2. The molecule has 0 N–H and O–H groups in total. The molecule has 2 nitrogen and oxygen atoms in total. The third-order valence-corrected chi connectivity index (χ3v) is 5.41. The molecule has 0 aromatic heterocycles. The Balaban J connectivity index is 1.73. The number of hydrogen-bond donors (Lipinski definition) is 0. The van der Waals surface area contributed by atoms with E-state index in [0.29, 0.717) is 0 Å². The van der Waals surface area contributed by atoms with Crippen LogP contribution in [0, 0.1) is 0 Å². The van der Waals surface area contributed by atoms with E-state index in [-0.39, 0.29) is 5.78 Å². The summed E-state index contributed by atoms with van der Waals surface area (Å²) in [5.74, 6) is 0.0640. The van der Waals surface area contributed by atoms with E-state index in [2.05, 4.69) is 42.2 Å². The maximum Gasteiger partial charge on any atom is 0.186 e. The van der Waals surface area contributed by atoms with Crippen molar-refractivity contribution in [2.75, 3.05) is 11.4 Å². The highest BCUT2D eigenvalue weighted by molar-refractivity contribution is 8.03. The van der Waals surface area contributed by atoms with E-state index in [1.807, 2.05) is 36.4 Å². The molecule has 0 radical (unpaired) electrons. The Hall–Kier alpha value is -2.52. The van der Waals surface area contributed by atoms with Crippen LogP contribution in [0.4, 0.5) is 5.69 Å². The van der Waals surface area contributed by atoms with Crippen molar-refractivity contribution in [2.45, 2.75) is 11.8 Å². The number of benzene rings is 2. The van der Waals surface area contributed by atoms with Crippen molar-refractivity contribution >= 4 is 34.9 Å². The van der Waals surface area contributed by atoms with Crippen LogP contribution in [0.15, 0.2) is 76.7 Å². The van der Waals surface area contributed by atoms with E-state index < -0.39 is 0 Å². The number of carbonyl (C=O) groups excluding carboxylic acids is 1. The first-order chi connectivity index (χ1) is 11.8. The van der Waals surface area contributed by atoms with E-state index >= 15 is 0 Å². The molecule has 2 aromatic carbocycles. The Labute approximate surface area is 146 Å². The van der Waals surface area contributed by atoms with Crippen LogP contribution < -0.4 is 4.90 Å². The molecule has 0 fully saturated rings. The Morgan fingerprint density at radius 1 is 1.00 bits per heavy atom. The molecule has 0 unspecified atom stereocenters. The number of carbonyl (C=O) groups is 1. The molecular formula is C21H17NOS. The van der Waals surface area contributed by atoms with E-state index in [9.17, 15) is 4.79 Å². The van der Waals surface area contributed by atoms with Gasteiger partial charge in [-0.1, -0.05) is 54.2 Å². The average molecular weight is 331 g/mol. The minimum Gasteiger partial charge on any atom is -0.335 e. The van der Waals surface area contributed by atoms with Crippen molar-refractivity contribution in [3.8, 4) is 0 Å². The summed E-state index contributed by atoms with van der Waals surface area (Å²) in [5.41, 5.74) is 4.10. The van der Waals surface area contributed by atoms with Gasteiger partial charge in [0, 0.05) is 17.0 Å². The molecule has 0 saturated heterocycles. The second-order valence-electron chi connectivity index (χ2n) is 5.68. The molecule has 1 heterocycles. The number of hydrogen-bond acceptors (Lipinski definition) is 3. The summed E-state index contributed by atoms with van der Waals surface area (Å²) in [6.07, 6.45) is 7.57. The van der Waals surface area contributed by atoms with Gasteiger partial charge in [0.15, 0.2) is 5.78 Å². The number of para-hydroxylation sites is 1. The third kappa shape index (κ3) is 2.51. The van der Waals surface area contributed by atoms with Crippen LogP contribution in [0.5, 0.6) is 0 Å². The monoisotopic (exact) mass is 331 g/mol. The van der Waals surface area contributed by atoms with Crippen LogP contribution in [0.3, 0.4) is 0 Å². The van der Waals surface area contributed by atoms with Crippen LogP contribution in [0.2, 0.25) is 0 Å². The smallest absolute Gasteiger partial charge is 0.186 e. The standard InChI is InChI=1S/C21H17NOS/c1-2-22-18-9-5-6-10-20(18)24-21(22)14-12-17-16-8-4-3-7-15(16)11-13-19(17)23/h3-14H,2H2,1H3/b17-12+,21-14-. The van der Waals surface area contributed by atoms with Gasteiger partial charge in [0.1, 0.15) is 0 Å². The molecule has 0 saturated carbocycles. The summed E-state index contributed by atoms with van der Waals surface area (Å²) in [4.78, 5) is 15.9. The van der Waals surface area contributed by atoms with Gasteiger partial charge < -0.3 is 4.90 Å². The lowest BCUT2D eigenvalue weighted by Gasteiger charge is -2.18. The first-order valence-corrected chi connectivity index (χ1v) is 8.88. The minimum absolute atomic E-state index is 0.0640. The lowest BCUT2D eigenvalue weighted by atomic mass is 9.91. The highest BCUT2D eigenvalue weighted by Crippen LogP contribution is 2.45. The number of ketones is 1. The minimum atomic E-state index is 0.0640. The molecule has 1 aliphatic carbocycles. The molecule has 0 amide bonds. The molecule has 118 valence electrons. The highest BCUT2D eigenvalue weighted by Gasteiger charge is 2.23. The maximum absolute atomic E-state index is 12.3. The molecule has 2 aliphatic rings. The predicted octanol–water partition coefficient (Wildman–Crippen LogP) is 5.14. The lowest BCUT2D eigenvalue weighted by Crippen LogP contribution is -2.16. The van der Waals surface area contributed by atoms with Crippen LogP contribution in [-0.2, 0) is 4.79 Å². The zero-order valence-electron chi connectivity index (χ0n) is 13.4. The van der Waals surface area contributed by atoms with Gasteiger partial charge in [-0.3, -0.25) is 4.79 Å². The zero-order valence-corrected chi connectivity index (χ0v) is 14.2. The predicted molar refractivity (Wildman–Crippen MR) is 102 cm³/mol. The topological polar surface area (TPSA) is 20.3 Å². The Kier molecular flexibility index (Phi) is 3.87. The number of allylic oxidation sites excluding steroid dienone is 4. The number of thioether (sulfide) groups is 1. The van der Waals surface area contributed by atoms with E-state index in [4.69, 9.17) is 0 Å². The van der Waals surface area contributed by atoms with Gasteiger partial charge in [0.05, 0.1) is 10.7 Å². The maximum atomic E-state index is 12.3. The molecule has 3 heteroatoms. The van der Waals surface area contributed by atoms with Crippen LogP contribution in [-0.4, -0.2) is 12.3 Å². The first kappa shape index (κ1) is 15.0. The third-order valence-electron chi connectivity index (χ3n) is 4.28. The molecular weight excluding hydrogens is 314 g/mol. The fourth-order valence-corrected chi connectivity index (χ4v) is 4.23. The summed E-state index contributed by atoms with van der Waals surface area (Å²) in [6, 6.07) is 16.4. The first-order valence-electron chi connectivity index (χ1n) is 8.06. The van der Waals surface area contributed by atoms with Crippen molar-refractivity contribution < 1.29 is 4.79 Å². The van der Waals surface area contributed by atoms with Gasteiger partial charge in [-0.05, 0) is 48.4 Å². The molecule has 0 bridgehead atoms. The fourth-order valence-electron chi connectivity index (χ4n) is 3.11. The summed E-state index contributed by atoms with van der Waals surface area (Å²) >= 11 is 1.75. The van der Waals surface area contributed by atoms with Crippen molar-refractivity contribution in [1.82, 2.24) is 0 Å². The summed E-state index contributed by atoms with van der Waals surface area (Å²) < 4.78 is 0. The molecule has 0 atom stereocenters. The fraction of sp³-hybridized carbons (Fsp3) is 0.0952. The Morgan fingerprint density at radius 2 is 1.79 bits per heavy atom. The summed E-state index contributed by atoms with van der Waals surface area (Å²) in [6.45, 7) is 3.05. The molecule has 4 rings (SSSR count). The van der Waals surface area contributed by atoms with Gasteiger partial charge in [0.25, 0.3) is 0 Å². The molecule has 1 aliphatic heterocycles. The summed E-state index contributed by atoms with van der Waals surface area (Å²) in [5, 5.41) is 1.16. The van der Waals surface area contributed by atoms with E-state index in [1.165, 1.54) is 10.6 Å². The van der Waals surface area contributed by atoms with Crippen LogP contribution in [0.1, 0.15) is 18.1 Å². The van der Waals surface area contributed by atoms with E-state index in [0.717, 1.165) is 28.3 Å². The SMILES string of the molecule is CCN1/C(=C/C=C2/C(=O)C=Cc3ccccc32)Sc2ccccc21. The van der Waals surface area contributed by atoms with Crippen molar-refractivity contribution in [1.29, 1.82) is 0 Å². The second kappa shape index (κ2) is 6.17. The highest BCUT2D eigenvalue weighted by atomic mass is 32.2. The van der Waals surface area contributed by atoms with Crippen molar-refractivity contribution in [2.24, 2.45) is 0 Å². The number of rotatable bonds is 2. The largest absolute Gasteiger partial charge is 0.335 e. The summed E-state index contributed by atoms with van der Waals surface area (Å²) in [7, 11) is 0. The molecule has 0 spiro atoms. The van der Waals surface area contributed by atoms with Crippen LogP contribution >= 0.6 is 11.8 Å². The van der Waals surface area contributed by atoms with Crippen molar-refractivity contribution in [3.63, 3.8) is 0 Å². The van der Waals surface area contributed by atoms with E-state index in [1.54, 1.807) is 17.8 Å². The average Bonchev–Trinajstić information content (AvgIpc) is 2.98. The number of anilines is 1. The number of nitrogens with zero attached hydrogens (tertiary/aromatic N) is 1. The van der Waals surface area contributed by atoms with Crippen LogP contribution in [0.25, 0.3) is 11.6 Å². The van der Waals surface area contributed by atoms with Gasteiger partial charge >= 0.3 is 0 Å². The normalized spacial score (nSPS) is 19.0. The second-order valence-corrected chi connectivity index (χ2v) is 6.75. The molecule has 24 heavy (non-hydrogen) atoms. The van der Waals surface area contributed by atoms with Gasteiger partial charge in [-0.15, -0.1) is 0 Å². The van der Waals surface area contributed by atoms with Gasteiger partial charge in [-0.25, -0.2) is 0 Å². The Bertz CT molecular complexity index is 908. The quantitative estimate of drug-likeness (QED) is 0.711. The lowest BCUT2D eigenvalue weighted by molar-refractivity contribution is -0.109. The Morgan fingerprint density at radius 3 is 2.67 bits per heavy atom.